The van der Waals surface area contributed by atoms with Crippen molar-refractivity contribution in [3.05, 3.63) is 59.4 Å². The molecule has 0 atom stereocenters. The van der Waals surface area contributed by atoms with E-state index in [1.165, 1.54) is 0 Å². The Morgan fingerprint density at radius 2 is 2.21 bits per heavy atom. The van der Waals surface area contributed by atoms with Crippen molar-refractivity contribution < 1.29 is 0 Å². The van der Waals surface area contributed by atoms with E-state index in [1.54, 1.807) is 29.2 Å². The Labute approximate surface area is 163 Å². The molecule has 8 heteroatoms. The lowest BCUT2D eigenvalue weighted by atomic mass is 10.1. The Balaban J connectivity index is 2.09. The monoisotopic (exact) mass is 374 g/mol. The molecule has 0 aliphatic heterocycles. The molecule has 0 aliphatic rings. The second kappa shape index (κ2) is 8.39. The summed E-state index contributed by atoms with van der Waals surface area (Å²) < 4.78 is 3.64. The Hall–Kier alpha value is -3.60. The summed E-state index contributed by atoms with van der Waals surface area (Å²) in [5, 5.41) is 13.8. The van der Waals surface area contributed by atoms with Gasteiger partial charge in [-0.25, -0.2) is 19.5 Å². The van der Waals surface area contributed by atoms with Crippen LogP contribution < -0.4 is 0 Å². The number of aromatic nitrogens is 6. The van der Waals surface area contributed by atoms with Crippen molar-refractivity contribution in [2.45, 2.75) is 40.2 Å². The summed E-state index contributed by atoms with van der Waals surface area (Å²) in [5.41, 5.74) is 3.65. The van der Waals surface area contributed by atoms with Crippen LogP contribution in [0.5, 0.6) is 0 Å². The predicted octanol–water partition coefficient (Wildman–Crippen LogP) is 3.14. The maximum atomic E-state index is 9.46. The summed E-state index contributed by atoms with van der Waals surface area (Å²) >= 11 is 0. The molecule has 0 bridgehead atoms. The lowest BCUT2D eigenvalue weighted by Crippen LogP contribution is -2.10. The van der Waals surface area contributed by atoms with Crippen LogP contribution in [-0.4, -0.2) is 35.9 Å². The van der Waals surface area contributed by atoms with Gasteiger partial charge in [0.05, 0.1) is 17.8 Å². The minimum atomic E-state index is 0.412. The minimum Gasteiger partial charge on any atom is -0.324 e. The topological polar surface area (TPSA) is 97.0 Å². The quantitative estimate of drug-likeness (QED) is 0.359. The first-order valence-corrected chi connectivity index (χ1v) is 9.07. The van der Waals surface area contributed by atoms with Crippen LogP contribution in [-0.2, 0) is 13.0 Å². The lowest BCUT2D eigenvalue weighted by molar-refractivity contribution is 0.728. The summed E-state index contributed by atoms with van der Waals surface area (Å²) in [5.74, 6) is 1.29. The van der Waals surface area contributed by atoms with Gasteiger partial charge in [-0.05, 0) is 33.1 Å². The summed E-state index contributed by atoms with van der Waals surface area (Å²) in [6.07, 6.45) is 10.5. The second-order valence-corrected chi connectivity index (χ2v) is 6.26. The lowest BCUT2D eigenvalue weighted by Gasteiger charge is -2.12. The molecule has 8 nitrogen and oxygen atoms in total. The molecule has 0 aliphatic carbocycles. The standard InChI is InChI=1S/C20H22N8/c1-5-7-15(11-21)18(22-4)20-23-9-10-27(20)12-17-16(8-6-2)19-25-14(3)26-28(19)13-24-17/h5,7,9-10,13H,4,6,8,12H2,1-3H3. The molecule has 3 heterocycles. The van der Waals surface area contributed by atoms with Crippen LogP contribution in [0.15, 0.2) is 41.4 Å². The molecule has 0 spiro atoms. The summed E-state index contributed by atoms with van der Waals surface area (Å²) in [4.78, 5) is 17.6. The van der Waals surface area contributed by atoms with Gasteiger partial charge >= 0.3 is 0 Å². The van der Waals surface area contributed by atoms with Crippen LogP contribution in [0.4, 0.5) is 0 Å². The zero-order valence-electron chi connectivity index (χ0n) is 16.3. The fourth-order valence-corrected chi connectivity index (χ4v) is 3.12. The summed E-state index contributed by atoms with van der Waals surface area (Å²) in [6, 6.07) is 2.16. The van der Waals surface area contributed by atoms with Crippen LogP contribution >= 0.6 is 0 Å². The maximum absolute atomic E-state index is 9.46. The molecule has 0 unspecified atom stereocenters. The Morgan fingerprint density at radius 3 is 2.89 bits per heavy atom. The molecule has 0 aromatic carbocycles. The van der Waals surface area contributed by atoms with Crippen LogP contribution in [0, 0.1) is 18.3 Å². The second-order valence-electron chi connectivity index (χ2n) is 6.26. The van der Waals surface area contributed by atoms with Gasteiger partial charge in [0.25, 0.3) is 0 Å². The first-order valence-electron chi connectivity index (χ1n) is 9.07. The minimum absolute atomic E-state index is 0.412. The van der Waals surface area contributed by atoms with Crippen molar-refractivity contribution in [2.75, 3.05) is 0 Å². The van der Waals surface area contributed by atoms with Crippen molar-refractivity contribution in [3.63, 3.8) is 0 Å². The zero-order chi connectivity index (χ0) is 20.1. The molecule has 0 fully saturated rings. The number of aryl methyl sites for hydroxylation is 2. The normalized spacial score (nSPS) is 12.4. The van der Waals surface area contributed by atoms with E-state index in [1.807, 2.05) is 24.6 Å². The van der Waals surface area contributed by atoms with Gasteiger partial charge in [-0.3, -0.25) is 4.99 Å². The van der Waals surface area contributed by atoms with Crippen molar-refractivity contribution in [3.8, 4) is 6.07 Å². The number of aliphatic imine (C=N–C) groups is 1. The van der Waals surface area contributed by atoms with Gasteiger partial charge in [0, 0.05) is 18.0 Å². The number of fused-ring (bicyclic) bond motifs is 1. The Bertz CT molecular complexity index is 1110. The van der Waals surface area contributed by atoms with Gasteiger partial charge in [0.1, 0.15) is 23.9 Å². The van der Waals surface area contributed by atoms with Crippen LogP contribution in [0.1, 0.15) is 43.2 Å². The molecule has 0 radical (unpaired) electrons. The maximum Gasteiger partial charge on any atom is 0.162 e. The molecule has 0 N–H and O–H groups in total. The highest BCUT2D eigenvalue weighted by Gasteiger charge is 2.17. The van der Waals surface area contributed by atoms with Gasteiger partial charge in [0.15, 0.2) is 11.5 Å². The van der Waals surface area contributed by atoms with Crippen molar-refractivity contribution >= 4 is 18.1 Å². The molecule has 0 saturated heterocycles. The number of imidazole rings is 1. The van der Waals surface area contributed by atoms with Crippen LogP contribution in [0.2, 0.25) is 0 Å². The highest BCUT2D eigenvalue weighted by atomic mass is 15.3. The SMILES string of the molecule is C=NC(=C(C#N)C=CC)c1nccn1Cc1ncn2nc(C)nc2c1CCC. The Morgan fingerprint density at radius 1 is 1.39 bits per heavy atom. The summed E-state index contributed by atoms with van der Waals surface area (Å²) in [6.45, 7) is 9.95. The number of hydrogen-bond acceptors (Lipinski definition) is 6. The van der Waals surface area contributed by atoms with Gasteiger partial charge in [-0.1, -0.05) is 19.4 Å². The fourth-order valence-electron chi connectivity index (χ4n) is 3.12. The van der Waals surface area contributed by atoms with E-state index in [9.17, 15) is 5.26 Å². The highest BCUT2D eigenvalue weighted by molar-refractivity contribution is 5.72. The first kappa shape index (κ1) is 19.2. The number of nitriles is 1. The predicted molar refractivity (Wildman–Crippen MR) is 108 cm³/mol. The van der Waals surface area contributed by atoms with Crippen molar-refractivity contribution in [1.29, 1.82) is 5.26 Å². The number of nitrogens with zero attached hydrogens (tertiary/aromatic N) is 8. The molecule has 28 heavy (non-hydrogen) atoms. The van der Waals surface area contributed by atoms with E-state index in [0.717, 1.165) is 29.7 Å². The summed E-state index contributed by atoms with van der Waals surface area (Å²) in [7, 11) is 0. The molecule has 3 aromatic rings. The molecule has 3 aromatic heterocycles. The molecule has 142 valence electrons. The average Bonchev–Trinajstić information content (AvgIpc) is 3.29. The third-order valence-electron chi connectivity index (χ3n) is 4.29. The molecular weight excluding hydrogens is 352 g/mol. The molecule has 0 amide bonds. The van der Waals surface area contributed by atoms with Crippen molar-refractivity contribution in [1.82, 2.24) is 29.1 Å². The zero-order valence-corrected chi connectivity index (χ0v) is 16.3. The number of hydrogen-bond donors (Lipinski definition) is 0. The van der Waals surface area contributed by atoms with E-state index in [2.05, 4.69) is 44.8 Å². The van der Waals surface area contributed by atoms with E-state index >= 15 is 0 Å². The Kier molecular flexibility index (Phi) is 5.75. The van der Waals surface area contributed by atoms with Crippen molar-refractivity contribution in [2.24, 2.45) is 4.99 Å². The molecular formula is C20H22N8. The van der Waals surface area contributed by atoms with E-state index in [4.69, 9.17) is 0 Å². The van der Waals surface area contributed by atoms with E-state index in [0.29, 0.717) is 29.5 Å². The largest absolute Gasteiger partial charge is 0.324 e. The number of allylic oxidation sites excluding steroid dienone is 3. The van der Waals surface area contributed by atoms with Gasteiger partial charge < -0.3 is 4.57 Å². The van der Waals surface area contributed by atoms with E-state index < -0.39 is 0 Å². The first-order chi connectivity index (χ1) is 13.6. The van der Waals surface area contributed by atoms with Gasteiger partial charge in [-0.2, -0.15) is 10.4 Å². The smallest absolute Gasteiger partial charge is 0.162 e. The van der Waals surface area contributed by atoms with Gasteiger partial charge in [-0.15, -0.1) is 0 Å². The fraction of sp³-hybridized carbons (Fsp3) is 0.300. The van der Waals surface area contributed by atoms with E-state index in [-0.39, 0.29) is 0 Å². The highest BCUT2D eigenvalue weighted by Crippen LogP contribution is 2.22. The van der Waals surface area contributed by atoms with Gasteiger partial charge in [0.2, 0.25) is 0 Å². The average molecular weight is 374 g/mol. The molecule has 0 saturated carbocycles. The third-order valence-corrected chi connectivity index (χ3v) is 4.29. The number of rotatable bonds is 7. The third kappa shape index (κ3) is 3.60. The van der Waals surface area contributed by atoms with Crippen LogP contribution in [0.3, 0.4) is 0 Å². The molecule has 3 rings (SSSR count). The van der Waals surface area contributed by atoms with Crippen LogP contribution in [0.25, 0.3) is 11.3 Å².